The SMILES string of the molecule is CCc1ccccc1CC1=CCCC1. The molecule has 1 aromatic rings. The summed E-state index contributed by atoms with van der Waals surface area (Å²) in [6.07, 6.45) is 8.74. The second-order valence-corrected chi connectivity index (χ2v) is 4.05. The van der Waals surface area contributed by atoms with Crippen LogP contribution in [0, 0.1) is 0 Å². The fourth-order valence-electron chi connectivity index (χ4n) is 2.22. The van der Waals surface area contributed by atoms with Crippen LogP contribution in [-0.4, -0.2) is 0 Å². The van der Waals surface area contributed by atoms with Crippen LogP contribution >= 0.6 is 0 Å². The summed E-state index contributed by atoms with van der Waals surface area (Å²) < 4.78 is 0. The molecule has 0 N–H and O–H groups in total. The molecule has 0 unspecified atom stereocenters. The minimum Gasteiger partial charge on any atom is -0.0850 e. The minimum atomic E-state index is 1.16. The molecule has 0 fully saturated rings. The van der Waals surface area contributed by atoms with E-state index in [0.717, 1.165) is 6.42 Å². The van der Waals surface area contributed by atoms with Crippen LogP contribution in [-0.2, 0) is 12.8 Å². The Kier molecular flexibility index (Phi) is 3.03. The van der Waals surface area contributed by atoms with E-state index in [1.807, 2.05) is 0 Å². The smallest absolute Gasteiger partial charge is 0.00644 e. The normalized spacial score (nSPS) is 15.6. The molecule has 74 valence electrons. The molecule has 0 heterocycles. The Morgan fingerprint density at radius 1 is 1.14 bits per heavy atom. The molecule has 0 aliphatic heterocycles. The number of allylic oxidation sites excluding steroid dienone is 2. The summed E-state index contributed by atoms with van der Waals surface area (Å²) in [5, 5.41) is 0. The molecule has 0 nitrogen and oxygen atoms in total. The maximum atomic E-state index is 2.42. The first-order chi connectivity index (χ1) is 6.90. The zero-order chi connectivity index (χ0) is 9.80. The molecule has 0 atom stereocenters. The molecule has 1 aliphatic carbocycles. The Balaban J connectivity index is 2.15. The first-order valence-electron chi connectivity index (χ1n) is 5.65. The minimum absolute atomic E-state index is 1.16. The van der Waals surface area contributed by atoms with E-state index >= 15 is 0 Å². The topological polar surface area (TPSA) is 0 Å². The average molecular weight is 186 g/mol. The lowest BCUT2D eigenvalue weighted by Crippen LogP contribution is -1.93. The summed E-state index contributed by atoms with van der Waals surface area (Å²) in [6.45, 7) is 2.24. The van der Waals surface area contributed by atoms with Gasteiger partial charge in [-0.25, -0.2) is 0 Å². The monoisotopic (exact) mass is 186 g/mol. The molecule has 1 aliphatic rings. The van der Waals surface area contributed by atoms with E-state index in [2.05, 4.69) is 37.3 Å². The van der Waals surface area contributed by atoms with Crippen LogP contribution in [0.25, 0.3) is 0 Å². The lowest BCUT2D eigenvalue weighted by atomic mass is 9.98. The van der Waals surface area contributed by atoms with Gasteiger partial charge in [0, 0.05) is 0 Å². The highest BCUT2D eigenvalue weighted by molar-refractivity contribution is 5.31. The maximum absolute atomic E-state index is 2.42. The van der Waals surface area contributed by atoms with E-state index in [9.17, 15) is 0 Å². The third-order valence-electron chi connectivity index (χ3n) is 3.05. The number of hydrogen-bond donors (Lipinski definition) is 0. The first kappa shape index (κ1) is 9.51. The Bertz CT molecular complexity index is 334. The van der Waals surface area contributed by atoms with Gasteiger partial charge in [0.15, 0.2) is 0 Å². The van der Waals surface area contributed by atoms with Crippen LogP contribution in [0.5, 0.6) is 0 Å². The van der Waals surface area contributed by atoms with Crippen molar-refractivity contribution in [2.24, 2.45) is 0 Å². The van der Waals surface area contributed by atoms with Gasteiger partial charge in [-0.2, -0.15) is 0 Å². The molecule has 0 spiro atoms. The van der Waals surface area contributed by atoms with Crippen LogP contribution in [0.4, 0.5) is 0 Å². The summed E-state index contributed by atoms with van der Waals surface area (Å²) in [7, 11) is 0. The third-order valence-corrected chi connectivity index (χ3v) is 3.05. The van der Waals surface area contributed by atoms with Crippen molar-refractivity contribution < 1.29 is 0 Å². The van der Waals surface area contributed by atoms with Crippen LogP contribution < -0.4 is 0 Å². The molecule has 0 bridgehead atoms. The molecule has 1 aromatic carbocycles. The molecular weight excluding hydrogens is 168 g/mol. The molecule has 2 rings (SSSR count). The standard InChI is InChI=1S/C14H18/c1-2-13-9-5-6-10-14(13)11-12-7-3-4-8-12/h5-7,9-10H,2-4,8,11H2,1H3. The van der Waals surface area contributed by atoms with Crippen molar-refractivity contribution in [1.29, 1.82) is 0 Å². The zero-order valence-electron chi connectivity index (χ0n) is 8.92. The highest BCUT2D eigenvalue weighted by atomic mass is 14.1. The van der Waals surface area contributed by atoms with Gasteiger partial charge in [0.1, 0.15) is 0 Å². The first-order valence-corrected chi connectivity index (χ1v) is 5.65. The van der Waals surface area contributed by atoms with E-state index in [1.54, 1.807) is 5.57 Å². The van der Waals surface area contributed by atoms with E-state index in [0.29, 0.717) is 0 Å². The lowest BCUT2D eigenvalue weighted by Gasteiger charge is -2.07. The van der Waals surface area contributed by atoms with Crippen molar-refractivity contribution in [2.45, 2.75) is 39.0 Å². The van der Waals surface area contributed by atoms with Gasteiger partial charge in [-0.3, -0.25) is 0 Å². The van der Waals surface area contributed by atoms with Crippen LogP contribution in [0.15, 0.2) is 35.9 Å². The van der Waals surface area contributed by atoms with Gasteiger partial charge in [0.25, 0.3) is 0 Å². The zero-order valence-corrected chi connectivity index (χ0v) is 8.92. The third kappa shape index (κ3) is 2.06. The predicted molar refractivity (Wildman–Crippen MR) is 61.5 cm³/mol. The highest BCUT2D eigenvalue weighted by Gasteiger charge is 2.07. The van der Waals surface area contributed by atoms with Gasteiger partial charge in [-0.15, -0.1) is 0 Å². The Hall–Kier alpha value is -1.04. The molecule has 0 saturated heterocycles. The molecule has 0 saturated carbocycles. The average Bonchev–Trinajstić information content (AvgIpc) is 2.71. The molecule has 14 heavy (non-hydrogen) atoms. The number of rotatable bonds is 3. The number of benzene rings is 1. The van der Waals surface area contributed by atoms with Crippen molar-refractivity contribution in [1.82, 2.24) is 0 Å². The quantitative estimate of drug-likeness (QED) is 0.628. The van der Waals surface area contributed by atoms with Gasteiger partial charge in [-0.1, -0.05) is 42.8 Å². The molecule has 0 amide bonds. The second kappa shape index (κ2) is 4.45. The van der Waals surface area contributed by atoms with Crippen molar-refractivity contribution in [3.63, 3.8) is 0 Å². The fourth-order valence-corrected chi connectivity index (χ4v) is 2.22. The lowest BCUT2D eigenvalue weighted by molar-refractivity contribution is 0.883. The highest BCUT2D eigenvalue weighted by Crippen LogP contribution is 2.23. The van der Waals surface area contributed by atoms with Gasteiger partial charge < -0.3 is 0 Å². The summed E-state index contributed by atoms with van der Waals surface area (Å²) >= 11 is 0. The Morgan fingerprint density at radius 2 is 1.93 bits per heavy atom. The van der Waals surface area contributed by atoms with Crippen LogP contribution in [0.1, 0.15) is 37.3 Å². The van der Waals surface area contributed by atoms with E-state index < -0.39 is 0 Å². The van der Waals surface area contributed by atoms with E-state index in [-0.39, 0.29) is 0 Å². The fraction of sp³-hybridized carbons (Fsp3) is 0.429. The largest absolute Gasteiger partial charge is 0.0850 e. The van der Waals surface area contributed by atoms with Crippen molar-refractivity contribution in [2.75, 3.05) is 0 Å². The Morgan fingerprint density at radius 3 is 2.57 bits per heavy atom. The van der Waals surface area contributed by atoms with Gasteiger partial charge in [0.2, 0.25) is 0 Å². The van der Waals surface area contributed by atoms with Gasteiger partial charge in [0.05, 0.1) is 0 Å². The molecular formula is C14H18. The summed E-state index contributed by atoms with van der Waals surface area (Å²) in [5.74, 6) is 0. The van der Waals surface area contributed by atoms with Crippen LogP contribution in [0.2, 0.25) is 0 Å². The second-order valence-electron chi connectivity index (χ2n) is 4.05. The molecule has 0 radical (unpaired) electrons. The molecule has 0 heteroatoms. The summed E-state index contributed by atoms with van der Waals surface area (Å²) in [6, 6.07) is 8.83. The van der Waals surface area contributed by atoms with Crippen molar-refractivity contribution >= 4 is 0 Å². The number of hydrogen-bond acceptors (Lipinski definition) is 0. The number of aryl methyl sites for hydroxylation is 1. The van der Waals surface area contributed by atoms with Gasteiger partial charge in [-0.05, 0) is 43.2 Å². The van der Waals surface area contributed by atoms with Gasteiger partial charge >= 0.3 is 0 Å². The maximum Gasteiger partial charge on any atom is -0.00644 e. The summed E-state index contributed by atoms with van der Waals surface area (Å²) in [5.41, 5.74) is 4.69. The van der Waals surface area contributed by atoms with Crippen molar-refractivity contribution in [3.8, 4) is 0 Å². The summed E-state index contributed by atoms with van der Waals surface area (Å²) in [4.78, 5) is 0. The van der Waals surface area contributed by atoms with E-state index in [4.69, 9.17) is 0 Å². The van der Waals surface area contributed by atoms with Crippen molar-refractivity contribution in [3.05, 3.63) is 47.0 Å². The predicted octanol–water partition coefficient (Wildman–Crippen LogP) is 3.90. The Labute approximate surface area is 86.7 Å². The van der Waals surface area contributed by atoms with Crippen LogP contribution in [0.3, 0.4) is 0 Å². The van der Waals surface area contributed by atoms with E-state index in [1.165, 1.54) is 36.8 Å². The molecule has 0 aromatic heterocycles.